The van der Waals surface area contributed by atoms with Crippen molar-refractivity contribution in [2.24, 2.45) is 0 Å². The first-order valence-electron chi connectivity index (χ1n) is 8.97. The van der Waals surface area contributed by atoms with E-state index in [0.717, 1.165) is 9.87 Å². The Morgan fingerprint density at radius 3 is 2.30 bits per heavy atom. The molecule has 0 spiro atoms. The summed E-state index contributed by atoms with van der Waals surface area (Å²) >= 11 is 0. The SMILES string of the molecule is CN(C)S(=O)(=O)c1cccc(C(=O)NNC(=O)c2cnn(Cc3ccccc3)c2)c1. The van der Waals surface area contributed by atoms with Crippen LogP contribution in [-0.2, 0) is 16.6 Å². The summed E-state index contributed by atoms with van der Waals surface area (Å²) in [7, 11) is -0.869. The van der Waals surface area contributed by atoms with Crippen molar-refractivity contribution < 1.29 is 18.0 Å². The summed E-state index contributed by atoms with van der Waals surface area (Å²) in [6.07, 6.45) is 2.97. The highest BCUT2D eigenvalue weighted by Gasteiger charge is 2.19. The second-order valence-corrected chi connectivity index (χ2v) is 8.79. The highest BCUT2D eigenvalue weighted by molar-refractivity contribution is 7.89. The van der Waals surface area contributed by atoms with Crippen LogP contribution < -0.4 is 10.9 Å². The van der Waals surface area contributed by atoms with E-state index in [1.54, 1.807) is 10.9 Å². The lowest BCUT2D eigenvalue weighted by atomic mass is 10.2. The molecule has 30 heavy (non-hydrogen) atoms. The monoisotopic (exact) mass is 427 g/mol. The molecule has 2 amide bonds. The van der Waals surface area contributed by atoms with E-state index in [-0.39, 0.29) is 16.0 Å². The lowest BCUT2D eigenvalue weighted by Crippen LogP contribution is -2.41. The summed E-state index contributed by atoms with van der Waals surface area (Å²) in [6.45, 7) is 0.508. The minimum Gasteiger partial charge on any atom is -0.268 e. The van der Waals surface area contributed by atoms with Crippen LogP contribution in [0.15, 0.2) is 71.9 Å². The number of aromatic nitrogens is 2. The molecule has 0 aliphatic heterocycles. The van der Waals surface area contributed by atoms with Gasteiger partial charge in [0.2, 0.25) is 10.0 Å². The second-order valence-electron chi connectivity index (χ2n) is 6.64. The van der Waals surface area contributed by atoms with Crippen LogP contribution in [0, 0.1) is 0 Å². The van der Waals surface area contributed by atoms with Gasteiger partial charge in [-0.1, -0.05) is 36.4 Å². The number of hydrogen-bond acceptors (Lipinski definition) is 5. The highest BCUT2D eigenvalue weighted by atomic mass is 32.2. The molecule has 3 aromatic rings. The number of hydrogen-bond donors (Lipinski definition) is 2. The third-order valence-electron chi connectivity index (χ3n) is 4.25. The summed E-state index contributed by atoms with van der Waals surface area (Å²) in [5.41, 5.74) is 5.99. The topological polar surface area (TPSA) is 113 Å². The third kappa shape index (κ3) is 4.91. The Labute approximate surface area is 174 Å². The zero-order valence-corrected chi connectivity index (χ0v) is 17.3. The van der Waals surface area contributed by atoms with Crippen molar-refractivity contribution in [3.8, 4) is 0 Å². The predicted octanol–water partition coefficient (Wildman–Crippen LogP) is 1.26. The van der Waals surface area contributed by atoms with Crippen molar-refractivity contribution in [3.05, 3.63) is 83.7 Å². The molecule has 0 atom stereocenters. The van der Waals surface area contributed by atoms with Crippen LogP contribution in [0.5, 0.6) is 0 Å². The fourth-order valence-electron chi connectivity index (χ4n) is 2.60. The van der Waals surface area contributed by atoms with Crippen LogP contribution in [0.2, 0.25) is 0 Å². The van der Waals surface area contributed by atoms with Crippen LogP contribution >= 0.6 is 0 Å². The van der Waals surface area contributed by atoms with Crippen molar-refractivity contribution in [1.82, 2.24) is 24.9 Å². The van der Waals surface area contributed by atoms with E-state index in [1.165, 1.54) is 44.6 Å². The normalized spacial score (nSPS) is 11.3. The van der Waals surface area contributed by atoms with Crippen molar-refractivity contribution in [2.45, 2.75) is 11.4 Å². The number of benzene rings is 2. The largest absolute Gasteiger partial charge is 0.272 e. The van der Waals surface area contributed by atoms with E-state index in [9.17, 15) is 18.0 Å². The Hall–Kier alpha value is -3.50. The van der Waals surface area contributed by atoms with Crippen molar-refractivity contribution in [1.29, 1.82) is 0 Å². The van der Waals surface area contributed by atoms with Crippen molar-refractivity contribution in [2.75, 3.05) is 14.1 Å². The first kappa shape index (κ1) is 21.2. The highest BCUT2D eigenvalue weighted by Crippen LogP contribution is 2.14. The standard InChI is InChI=1S/C20H21N5O4S/c1-24(2)30(28,29)18-10-6-9-16(11-18)19(26)22-23-20(27)17-12-21-25(14-17)13-15-7-4-3-5-8-15/h3-12,14H,13H2,1-2H3,(H,22,26)(H,23,27). The van der Waals surface area contributed by atoms with Gasteiger partial charge in [0.05, 0.1) is 23.2 Å². The van der Waals surface area contributed by atoms with Crippen LogP contribution in [-0.4, -0.2) is 48.4 Å². The molecule has 0 saturated heterocycles. The molecule has 0 fully saturated rings. The molecule has 9 nitrogen and oxygen atoms in total. The summed E-state index contributed by atoms with van der Waals surface area (Å²) in [5.74, 6) is -1.18. The van der Waals surface area contributed by atoms with Gasteiger partial charge in [0.15, 0.2) is 0 Å². The van der Waals surface area contributed by atoms with Crippen LogP contribution in [0.4, 0.5) is 0 Å². The summed E-state index contributed by atoms with van der Waals surface area (Å²) in [6, 6.07) is 15.2. The number of nitrogens with one attached hydrogen (secondary N) is 2. The molecule has 3 rings (SSSR count). The second kappa shape index (κ2) is 8.89. The Morgan fingerprint density at radius 2 is 1.63 bits per heavy atom. The van der Waals surface area contributed by atoms with E-state index in [2.05, 4.69) is 16.0 Å². The molecule has 0 aliphatic rings. The van der Waals surface area contributed by atoms with Gasteiger partial charge in [-0.05, 0) is 23.8 Å². The molecule has 0 unspecified atom stereocenters. The summed E-state index contributed by atoms with van der Waals surface area (Å²) in [4.78, 5) is 24.6. The number of sulfonamides is 1. The quantitative estimate of drug-likeness (QED) is 0.575. The van der Waals surface area contributed by atoms with Crippen molar-refractivity contribution in [3.63, 3.8) is 0 Å². The fraction of sp³-hybridized carbons (Fsp3) is 0.150. The van der Waals surface area contributed by atoms with Gasteiger partial charge in [0.1, 0.15) is 0 Å². The Morgan fingerprint density at radius 1 is 0.967 bits per heavy atom. The molecule has 1 aromatic heterocycles. The third-order valence-corrected chi connectivity index (χ3v) is 6.06. The van der Waals surface area contributed by atoms with Gasteiger partial charge in [0, 0.05) is 25.9 Å². The Kier molecular flexibility index (Phi) is 6.28. The molecule has 0 bridgehead atoms. The lowest BCUT2D eigenvalue weighted by molar-refractivity contribution is 0.0846. The van der Waals surface area contributed by atoms with Crippen LogP contribution in [0.1, 0.15) is 26.3 Å². The smallest absolute Gasteiger partial charge is 0.268 e. The lowest BCUT2D eigenvalue weighted by Gasteiger charge is -2.12. The minimum atomic E-state index is -3.68. The number of rotatable bonds is 6. The number of carbonyl (C=O) groups is 2. The van der Waals surface area contributed by atoms with Gasteiger partial charge in [-0.3, -0.25) is 25.1 Å². The molecule has 1 heterocycles. The Balaban J connectivity index is 1.62. The Bertz CT molecular complexity index is 1160. The number of nitrogens with zero attached hydrogens (tertiary/aromatic N) is 3. The van der Waals surface area contributed by atoms with E-state index in [4.69, 9.17) is 0 Å². The molecule has 2 aromatic carbocycles. The molecular weight excluding hydrogens is 406 g/mol. The zero-order chi connectivity index (χ0) is 21.7. The summed E-state index contributed by atoms with van der Waals surface area (Å²) in [5, 5.41) is 4.14. The molecule has 0 aliphatic carbocycles. The summed E-state index contributed by atoms with van der Waals surface area (Å²) < 4.78 is 27.1. The first-order valence-corrected chi connectivity index (χ1v) is 10.4. The van der Waals surface area contributed by atoms with E-state index in [1.807, 2.05) is 30.3 Å². The number of amides is 2. The molecule has 0 saturated carbocycles. The van der Waals surface area contributed by atoms with E-state index < -0.39 is 21.8 Å². The fourth-order valence-corrected chi connectivity index (χ4v) is 3.55. The maximum Gasteiger partial charge on any atom is 0.272 e. The average Bonchev–Trinajstić information content (AvgIpc) is 3.21. The van der Waals surface area contributed by atoms with Gasteiger partial charge >= 0.3 is 0 Å². The van der Waals surface area contributed by atoms with Crippen LogP contribution in [0.3, 0.4) is 0 Å². The predicted molar refractivity (Wildman–Crippen MR) is 110 cm³/mol. The van der Waals surface area contributed by atoms with E-state index >= 15 is 0 Å². The average molecular weight is 427 g/mol. The van der Waals surface area contributed by atoms with Gasteiger partial charge in [-0.25, -0.2) is 12.7 Å². The zero-order valence-electron chi connectivity index (χ0n) is 16.4. The van der Waals surface area contributed by atoms with Gasteiger partial charge in [-0.15, -0.1) is 0 Å². The number of carbonyl (C=O) groups excluding carboxylic acids is 2. The molecule has 2 N–H and O–H groups in total. The number of hydrazine groups is 1. The maximum atomic E-state index is 12.3. The van der Waals surface area contributed by atoms with Gasteiger partial charge in [0.25, 0.3) is 11.8 Å². The molecular formula is C20H21N5O4S. The first-order chi connectivity index (χ1) is 14.3. The van der Waals surface area contributed by atoms with Crippen molar-refractivity contribution >= 4 is 21.8 Å². The molecule has 0 radical (unpaired) electrons. The minimum absolute atomic E-state index is 0.0198. The van der Waals surface area contributed by atoms with Gasteiger partial charge < -0.3 is 0 Å². The molecule has 10 heteroatoms. The maximum absolute atomic E-state index is 12.3. The van der Waals surface area contributed by atoms with Crippen LogP contribution in [0.25, 0.3) is 0 Å². The van der Waals surface area contributed by atoms with E-state index in [0.29, 0.717) is 6.54 Å². The van der Waals surface area contributed by atoms with Gasteiger partial charge in [-0.2, -0.15) is 5.10 Å². The molecule has 156 valence electrons.